The Kier molecular flexibility index (Phi) is 4.27. The fourth-order valence-corrected chi connectivity index (χ4v) is 3.01. The van der Waals surface area contributed by atoms with Crippen molar-refractivity contribution in [1.82, 2.24) is 0 Å². The Labute approximate surface area is 116 Å². The summed E-state index contributed by atoms with van der Waals surface area (Å²) < 4.78 is 1.07. The maximum Gasteiger partial charge on any atom is 0.306 e. The molecule has 1 aromatic carbocycles. The molecule has 0 spiro atoms. The number of anilines is 1. The maximum atomic E-state index is 10.8. The van der Waals surface area contributed by atoms with E-state index in [1.54, 1.807) is 6.92 Å². The molecule has 0 saturated carbocycles. The zero-order valence-corrected chi connectivity index (χ0v) is 12.1. The molecule has 4 heteroatoms. The first-order valence-electron chi connectivity index (χ1n) is 6.34. The fraction of sp³-hybridized carbons (Fsp3) is 0.500. The van der Waals surface area contributed by atoms with Gasteiger partial charge in [0.15, 0.2) is 0 Å². The quantitative estimate of drug-likeness (QED) is 0.927. The third-order valence-corrected chi connectivity index (χ3v) is 4.06. The number of carbonyl (C=O) groups is 1. The highest BCUT2D eigenvalue weighted by Crippen LogP contribution is 2.30. The summed E-state index contributed by atoms with van der Waals surface area (Å²) in [6.45, 7) is 3.97. The highest BCUT2D eigenvalue weighted by molar-refractivity contribution is 9.10. The minimum atomic E-state index is -0.741. The summed E-state index contributed by atoms with van der Waals surface area (Å²) in [6, 6.07) is 6.18. The van der Waals surface area contributed by atoms with E-state index in [9.17, 15) is 4.79 Å². The number of nitrogens with zero attached hydrogens (tertiary/aromatic N) is 1. The molecule has 1 unspecified atom stereocenters. The van der Waals surface area contributed by atoms with Gasteiger partial charge in [-0.05, 0) is 52.9 Å². The van der Waals surface area contributed by atoms with Gasteiger partial charge in [-0.25, -0.2) is 0 Å². The molecule has 2 rings (SSSR count). The second kappa shape index (κ2) is 5.74. The lowest BCUT2D eigenvalue weighted by atomic mass is 10.0. The number of rotatable bonds is 4. The van der Waals surface area contributed by atoms with Crippen molar-refractivity contribution in [3.8, 4) is 0 Å². The van der Waals surface area contributed by atoms with Crippen molar-refractivity contribution in [3.05, 3.63) is 28.2 Å². The van der Waals surface area contributed by atoms with E-state index in [1.165, 1.54) is 18.5 Å². The van der Waals surface area contributed by atoms with Crippen LogP contribution in [0.25, 0.3) is 0 Å². The summed E-state index contributed by atoms with van der Waals surface area (Å²) in [5, 5.41) is 8.92. The Bertz CT molecular complexity index is 441. The number of carboxylic acid groups (broad SMARTS) is 1. The summed E-state index contributed by atoms with van der Waals surface area (Å²) >= 11 is 3.60. The molecule has 1 heterocycles. The predicted octanol–water partition coefficient (Wildman–Crippen LogP) is 3.31. The van der Waals surface area contributed by atoms with Crippen molar-refractivity contribution >= 4 is 27.6 Å². The molecule has 18 heavy (non-hydrogen) atoms. The number of hydrogen-bond donors (Lipinski definition) is 1. The van der Waals surface area contributed by atoms with E-state index in [1.807, 2.05) is 12.1 Å². The molecule has 1 aliphatic rings. The Morgan fingerprint density at radius 1 is 1.44 bits per heavy atom. The highest BCUT2D eigenvalue weighted by Gasteiger charge is 2.16. The van der Waals surface area contributed by atoms with Gasteiger partial charge in [0.05, 0.1) is 11.6 Å². The first kappa shape index (κ1) is 13.4. The second-order valence-electron chi connectivity index (χ2n) is 4.92. The summed E-state index contributed by atoms with van der Waals surface area (Å²) in [6.07, 6.45) is 3.09. The highest BCUT2D eigenvalue weighted by atomic mass is 79.9. The standard InChI is InChI=1S/C14H18BrNO2/c1-10(14(17)18)8-11-4-5-13(12(15)9-11)16-6-2-3-7-16/h4-5,9-10H,2-3,6-8H2,1H3,(H,17,18). The molecule has 1 N–H and O–H groups in total. The maximum absolute atomic E-state index is 10.8. The van der Waals surface area contributed by atoms with E-state index >= 15 is 0 Å². The second-order valence-corrected chi connectivity index (χ2v) is 5.78. The smallest absolute Gasteiger partial charge is 0.306 e. The lowest BCUT2D eigenvalue weighted by Gasteiger charge is -2.20. The molecular formula is C14H18BrNO2. The van der Waals surface area contributed by atoms with Crippen molar-refractivity contribution in [2.45, 2.75) is 26.2 Å². The average molecular weight is 312 g/mol. The summed E-state index contributed by atoms with van der Waals surface area (Å²) in [5.41, 5.74) is 2.29. The Balaban J connectivity index is 2.11. The zero-order chi connectivity index (χ0) is 13.1. The lowest BCUT2D eigenvalue weighted by Crippen LogP contribution is -2.18. The Morgan fingerprint density at radius 2 is 2.11 bits per heavy atom. The van der Waals surface area contributed by atoms with Gasteiger partial charge in [-0.15, -0.1) is 0 Å². The van der Waals surface area contributed by atoms with Crippen LogP contribution in [0.5, 0.6) is 0 Å². The van der Waals surface area contributed by atoms with Gasteiger partial charge >= 0.3 is 5.97 Å². The van der Waals surface area contributed by atoms with Gasteiger partial charge in [0.25, 0.3) is 0 Å². The van der Waals surface area contributed by atoms with Gasteiger partial charge < -0.3 is 10.0 Å². The molecule has 3 nitrogen and oxygen atoms in total. The molecule has 0 bridgehead atoms. The van der Waals surface area contributed by atoms with Crippen molar-refractivity contribution < 1.29 is 9.90 Å². The number of aliphatic carboxylic acids is 1. The molecule has 98 valence electrons. The van der Waals surface area contributed by atoms with Gasteiger partial charge in [0.2, 0.25) is 0 Å². The molecule has 0 aliphatic carbocycles. The summed E-state index contributed by atoms with van der Waals surface area (Å²) in [4.78, 5) is 13.2. The molecule has 0 amide bonds. The van der Waals surface area contributed by atoms with Crippen molar-refractivity contribution in [2.24, 2.45) is 5.92 Å². The molecule has 1 atom stereocenters. The van der Waals surface area contributed by atoms with Gasteiger partial charge in [-0.2, -0.15) is 0 Å². The SMILES string of the molecule is CC(Cc1ccc(N2CCCC2)c(Br)c1)C(=O)O. The van der Waals surface area contributed by atoms with E-state index in [-0.39, 0.29) is 5.92 Å². The van der Waals surface area contributed by atoms with Crippen LogP contribution in [-0.4, -0.2) is 24.2 Å². The Hall–Kier alpha value is -1.03. The monoisotopic (exact) mass is 311 g/mol. The van der Waals surface area contributed by atoms with Crippen LogP contribution in [0.3, 0.4) is 0 Å². The summed E-state index contributed by atoms with van der Waals surface area (Å²) in [7, 11) is 0. The van der Waals surface area contributed by atoms with Crippen LogP contribution in [-0.2, 0) is 11.2 Å². The molecule has 0 radical (unpaired) electrons. The normalized spacial score (nSPS) is 16.9. The van der Waals surface area contributed by atoms with Crippen molar-refractivity contribution in [2.75, 3.05) is 18.0 Å². The minimum absolute atomic E-state index is 0.338. The van der Waals surface area contributed by atoms with Gasteiger partial charge in [0.1, 0.15) is 0 Å². The Morgan fingerprint density at radius 3 is 2.67 bits per heavy atom. The third-order valence-electron chi connectivity index (χ3n) is 3.42. The lowest BCUT2D eigenvalue weighted by molar-refractivity contribution is -0.141. The van der Waals surface area contributed by atoms with Crippen LogP contribution in [0.4, 0.5) is 5.69 Å². The predicted molar refractivity (Wildman–Crippen MR) is 76.1 cm³/mol. The van der Waals surface area contributed by atoms with Gasteiger partial charge in [-0.1, -0.05) is 13.0 Å². The first-order valence-corrected chi connectivity index (χ1v) is 7.13. The zero-order valence-electron chi connectivity index (χ0n) is 10.5. The molecule has 1 saturated heterocycles. The average Bonchev–Trinajstić information content (AvgIpc) is 2.82. The fourth-order valence-electron chi connectivity index (χ4n) is 2.33. The molecule has 1 aliphatic heterocycles. The first-order chi connectivity index (χ1) is 8.58. The molecular weight excluding hydrogens is 294 g/mol. The van der Waals surface area contributed by atoms with E-state index in [0.29, 0.717) is 6.42 Å². The summed E-state index contributed by atoms with van der Waals surface area (Å²) in [5.74, 6) is -1.08. The van der Waals surface area contributed by atoms with E-state index in [4.69, 9.17) is 5.11 Å². The van der Waals surface area contributed by atoms with Crippen LogP contribution in [0, 0.1) is 5.92 Å². The van der Waals surface area contributed by atoms with Crippen molar-refractivity contribution in [3.63, 3.8) is 0 Å². The number of benzene rings is 1. The van der Waals surface area contributed by atoms with E-state index in [0.717, 1.165) is 23.1 Å². The largest absolute Gasteiger partial charge is 0.481 e. The number of carboxylic acids is 1. The minimum Gasteiger partial charge on any atom is -0.481 e. The number of hydrogen-bond acceptors (Lipinski definition) is 2. The van der Waals surface area contributed by atoms with Gasteiger partial charge in [-0.3, -0.25) is 4.79 Å². The molecule has 1 fully saturated rings. The van der Waals surface area contributed by atoms with Crippen LogP contribution in [0.15, 0.2) is 22.7 Å². The van der Waals surface area contributed by atoms with E-state index < -0.39 is 5.97 Å². The topological polar surface area (TPSA) is 40.5 Å². The van der Waals surface area contributed by atoms with Crippen LogP contribution in [0.1, 0.15) is 25.3 Å². The van der Waals surface area contributed by atoms with Crippen molar-refractivity contribution in [1.29, 1.82) is 0 Å². The molecule has 1 aromatic rings. The van der Waals surface area contributed by atoms with E-state index in [2.05, 4.69) is 26.9 Å². The molecule has 0 aromatic heterocycles. The van der Waals surface area contributed by atoms with Gasteiger partial charge in [0, 0.05) is 17.6 Å². The third kappa shape index (κ3) is 3.05. The van der Waals surface area contributed by atoms with Crippen LogP contribution >= 0.6 is 15.9 Å². The number of halogens is 1. The van der Waals surface area contributed by atoms with Crippen LogP contribution < -0.4 is 4.90 Å². The van der Waals surface area contributed by atoms with Crippen LogP contribution in [0.2, 0.25) is 0 Å².